The average Bonchev–Trinajstić information content (AvgIpc) is 3.44. The molecule has 0 aromatic heterocycles. The van der Waals surface area contributed by atoms with Crippen LogP contribution in [0, 0.1) is 62.1 Å². The SMILES string of the molecule is CC(C)C1=C2[C@H]3CC[C@@H]4[C@@]5(C)CC[C@H](OC(=O)CC(C)(C)C(=O)O)C(C)(C)[C@@H]5CC[C@@]4(C)[C@]3(C)CC[C@@]2([C@H](O)CN(CCC2CCCCC2)CCN(C)C)CC1=O. The number of hydrogen-bond acceptors (Lipinski definition) is 7. The molecule has 324 valence electrons. The lowest BCUT2D eigenvalue weighted by molar-refractivity contribution is -0.235. The van der Waals surface area contributed by atoms with Gasteiger partial charge >= 0.3 is 11.9 Å². The van der Waals surface area contributed by atoms with E-state index in [0.717, 1.165) is 82.5 Å². The number of hydrogen-bond donors (Lipinski definition) is 2. The topological polar surface area (TPSA) is 107 Å². The van der Waals surface area contributed by atoms with E-state index in [4.69, 9.17) is 4.74 Å². The van der Waals surface area contributed by atoms with Gasteiger partial charge in [-0.1, -0.05) is 86.1 Å². The molecule has 0 aliphatic heterocycles. The van der Waals surface area contributed by atoms with Crippen molar-refractivity contribution >= 4 is 17.7 Å². The molecule has 57 heavy (non-hydrogen) atoms. The molecule has 2 N–H and O–H groups in total. The number of carboxylic acids is 1. The fourth-order valence-electron chi connectivity index (χ4n) is 14.8. The Kier molecular flexibility index (Phi) is 12.8. The molecule has 0 aromatic rings. The first kappa shape index (κ1) is 44.8. The minimum absolute atomic E-state index is 0.00861. The number of aliphatic hydroxyl groups is 1. The van der Waals surface area contributed by atoms with Gasteiger partial charge < -0.3 is 19.8 Å². The van der Waals surface area contributed by atoms with E-state index in [9.17, 15) is 24.6 Å². The quantitative estimate of drug-likeness (QED) is 0.168. The Labute approximate surface area is 346 Å². The predicted molar refractivity (Wildman–Crippen MR) is 228 cm³/mol. The van der Waals surface area contributed by atoms with E-state index in [2.05, 4.69) is 72.4 Å². The first-order valence-electron chi connectivity index (χ1n) is 23.3. The summed E-state index contributed by atoms with van der Waals surface area (Å²) in [5.74, 6) is 1.00. The number of fused-ring (bicyclic) bond motifs is 7. The molecular weight excluding hydrogens is 713 g/mol. The maximum Gasteiger partial charge on any atom is 0.309 e. The maximum absolute atomic E-state index is 14.3. The molecule has 9 atom stereocenters. The number of nitrogens with zero attached hydrogens (tertiary/aromatic N) is 2. The zero-order valence-corrected chi connectivity index (χ0v) is 38.1. The third-order valence-electron chi connectivity index (χ3n) is 18.4. The highest BCUT2D eigenvalue weighted by Crippen LogP contribution is 2.77. The van der Waals surface area contributed by atoms with E-state index < -0.39 is 28.9 Å². The Balaban J connectivity index is 1.26. The van der Waals surface area contributed by atoms with Crippen molar-refractivity contribution in [3.63, 3.8) is 0 Å². The number of likely N-dealkylation sites (N-methyl/N-ethyl adjacent to an activating group) is 1. The van der Waals surface area contributed by atoms with Gasteiger partial charge in [0.25, 0.3) is 0 Å². The molecule has 0 bridgehead atoms. The zero-order valence-electron chi connectivity index (χ0n) is 38.1. The van der Waals surface area contributed by atoms with Gasteiger partial charge in [-0.05, 0) is 144 Å². The monoisotopic (exact) mass is 795 g/mol. The Hall–Kier alpha value is -1.77. The number of rotatable bonds is 14. The molecule has 5 fully saturated rings. The molecule has 8 nitrogen and oxygen atoms in total. The molecule has 0 aromatic carbocycles. The molecular formula is C49H82N2O6. The second-order valence-electron chi connectivity index (χ2n) is 23.0. The number of aliphatic hydroxyl groups excluding tert-OH is 1. The van der Waals surface area contributed by atoms with Crippen molar-refractivity contribution in [2.45, 2.75) is 177 Å². The lowest BCUT2D eigenvalue weighted by Crippen LogP contribution is -2.66. The van der Waals surface area contributed by atoms with Gasteiger partial charge in [0.1, 0.15) is 6.10 Å². The maximum atomic E-state index is 14.3. The lowest BCUT2D eigenvalue weighted by Gasteiger charge is -2.72. The van der Waals surface area contributed by atoms with Crippen LogP contribution < -0.4 is 0 Å². The lowest BCUT2D eigenvalue weighted by atomic mass is 9.33. The molecule has 0 spiro atoms. The number of aliphatic carboxylic acids is 1. The van der Waals surface area contributed by atoms with Gasteiger partial charge in [0, 0.05) is 36.9 Å². The highest BCUT2D eigenvalue weighted by atomic mass is 16.5. The second-order valence-corrected chi connectivity index (χ2v) is 23.0. The van der Waals surface area contributed by atoms with Crippen molar-refractivity contribution < 1.29 is 29.3 Å². The molecule has 0 amide bonds. The van der Waals surface area contributed by atoms with E-state index in [0.29, 0.717) is 24.8 Å². The first-order valence-corrected chi connectivity index (χ1v) is 23.3. The van der Waals surface area contributed by atoms with E-state index in [1.54, 1.807) is 13.8 Å². The van der Waals surface area contributed by atoms with E-state index in [1.165, 1.54) is 44.1 Å². The molecule has 8 heteroatoms. The Morgan fingerprint density at radius 1 is 0.842 bits per heavy atom. The number of ether oxygens (including phenoxy) is 1. The van der Waals surface area contributed by atoms with Crippen molar-refractivity contribution in [3.05, 3.63) is 11.1 Å². The van der Waals surface area contributed by atoms with Crippen molar-refractivity contribution in [2.75, 3.05) is 40.3 Å². The minimum atomic E-state index is -1.16. The summed E-state index contributed by atoms with van der Waals surface area (Å²) >= 11 is 0. The van der Waals surface area contributed by atoms with Crippen molar-refractivity contribution in [1.29, 1.82) is 0 Å². The summed E-state index contributed by atoms with van der Waals surface area (Å²) in [6.45, 7) is 23.5. The molecule has 0 unspecified atom stereocenters. The molecule has 0 radical (unpaired) electrons. The normalized spacial score (nSPS) is 37.5. The van der Waals surface area contributed by atoms with Crippen LogP contribution in [0.15, 0.2) is 11.1 Å². The van der Waals surface area contributed by atoms with Crippen LogP contribution in [-0.2, 0) is 19.1 Å². The molecule has 5 saturated carbocycles. The summed E-state index contributed by atoms with van der Waals surface area (Å²) < 4.78 is 6.21. The summed E-state index contributed by atoms with van der Waals surface area (Å²) in [6, 6.07) is 0. The smallest absolute Gasteiger partial charge is 0.309 e. The van der Waals surface area contributed by atoms with Crippen LogP contribution in [0.4, 0.5) is 0 Å². The molecule has 6 aliphatic rings. The second kappa shape index (κ2) is 16.3. The highest BCUT2D eigenvalue weighted by molar-refractivity contribution is 6.00. The third kappa shape index (κ3) is 7.86. The summed E-state index contributed by atoms with van der Waals surface area (Å²) in [7, 11) is 4.28. The van der Waals surface area contributed by atoms with Gasteiger partial charge in [0.2, 0.25) is 0 Å². The summed E-state index contributed by atoms with van der Waals surface area (Å²) in [5, 5.41) is 22.4. The Morgan fingerprint density at radius 2 is 1.53 bits per heavy atom. The van der Waals surface area contributed by atoms with Gasteiger partial charge in [-0.25, -0.2) is 0 Å². The van der Waals surface area contributed by atoms with Crippen LogP contribution in [0.25, 0.3) is 0 Å². The number of ketones is 1. The summed E-state index contributed by atoms with van der Waals surface area (Å²) in [4.78, 5) is 44.1. The number of carboxylic acid groups (broad SMARTS) is 1. The number of allylic oxidation sites excluding steroid dienone is 1. The predicted octanol–water partition coefficient (Wildman–Crippen LogP) is 9.57. The van der Waals surface area contributed by atoms with Crippen LogP contribution in [0.5, 0.6) is 0 Å². The number of carbonyl (C=O) groups is 3. The molecule has 6 rings (SSSR count). The number of Topliss-reactive ketones (excluding diaryl/α,β-unsaturated/α-hetero) is 1. The Bertz CT molecular complexity index is 1540. The zero-order chi connectivity index (χ0) is 41.9. The van der Waals surface area contributed by atoms with E-state index in [1.807, 2.05) is 0 Å². The van der Waals surface area contributed by atoms with Crippen LogP contribution in [0.1, 0.15) is 165 Å². The first-order chi connectivity index (χ1) is 26.5. The molecule has 0 saturated heterocycles. The summed E-state index contributed by atoms with van der Waals surface area (Å²) in [6.07, 6.45) is 15.5. The summed E-state index contributed by atoms with van der Waals surface area (Å²) in [5.41, 5.74) is 0.685. The number of esters is 1. The number of carbonyl (C=O) groups excluding carboxylic acids is 2. The minimum Gasteiger partial charge on any atom is -0.481 e. The fraction of sp³-hybridized carbons (Fsp3) is 0.898. The van der Waals surface area contributed by atoms with E-state index in [-0.39, 0.29) is 51.8 Å². The van der Waals surface area contributed by atoms with Gasteiger partial charge in [-0.3, -0.25) is 19.3 Å². The highest BCUT2D eigenvalue weighted by Gasteiger charge is 2.71. The van der Waals surface area contributed by atoms with Gasteiger partial charge in [-0.15, -0.1) is 0 Å². The molecule has 0 heterocycles. The third-order valence-corrected chi connectivity index (χ3v) is 18.4. The molecule has 6 aliphatic carbocycles. The van der Waals surface area contributed by atoms with Gasteiger partial charge in [0.05, 0.1) is 17.9 Å². The average molecular weight is 795 g/mol. The van der Waals surface area contributed by atoms with Crippen LogP contribution in [-0.4, -0.2) is 90.2 Å². The van der Waals surface area contributed by atoms with Crippen LogP contribution in [0.3, 0.4) is 0 Å². The van der Waals surface area contributed by atoms with E-state index >= 15 is 0 Å². The van der Waals surface area contributed by atoms with Crippen LogP contribution in [0.2, 0.25) is 0 Å². The van der Waals surface area contributed by atoms with Crippen molar-refractivity contribution in [1.82, 2.24) is 9.80 Å². The van der Waals surface area contributed by atoms with Crippen molar-refractivity contribution in [2.24, 2.45) is 62.1 Å². The largest absolute Gasteiger partial charge is 0.481 e. The van der Waals surface area contributed by atoms with Gasteiger partial charge in [0.15, 0.2) is 5.78 Å². The van der Waals surface area contributed by atoms with Gasteiger partial charge in [-0.2, -0.15) is 0 Å². The van der Waals surface area contributed by atoms with Crippen molar-refractivity contribution in [3.8, 4) is 0 Å². The fourth-order valence-corrected chi connectivity index (χ4v) is 14.8. The Morgan fingerprint density at radius 3 is 2.16 bits per heavy atom. The standard InChI is InChI=1S/C49H82N2O6/c1-32(2)41-35(52)29-49(38(53)31-51(28-27-50(10)11)26-21-33-15-13-12-14-16-33)25-24-47(8)34(42(41)49)17-18-37-46(7)22-20-39(57-40(54)30-44(3,4)43(55)56)45(5,6)36(46)19-23-48(37,47)9/h32-34,36-39,53H,12-31H2,1-11H3,(H,55,56)/t34-,36+,37-,38-,39+,46+,47-,48-,49+/m1/s1. The van der Waals surface area contributed by atoms with Crippen LogP contribution >= 0.6 is 0 Å².